The number of amides is 2. The molecule has 2 amide bonds. The molecule has 1 saturated heterocycles. The second kappa shape index (κ2) is 4.37. The number of hydrogen-bond donors (Lipinski definition) is 2. The summed E-state index contributed by atoms with van der Waals surface area (Å²) in [5.41, 5.74) is 4.64. The normalized spacial score (nSPS) is 21.6. The van der Waals surface area contributed by atoms with Crippen LogP contribution in [0, 0.1) is 5.41 Å². The van der Waals surface area contributed by atoms with Crippen molar-refractivity contribution in [1.29, 1.82) is 0 Å². The molecule has 1 rings (SSSR count). The van der Waals surface area contributed by atoms with Crippen molar-refractivity contribution < 1.29 is 9.59 Å². The Morgan fingerprint density at radius 1 is 1.62 bits per heavy atom. The van der Waals surface area contributed by atoms with Crippen LogP contribution in [0.1, 0.15) is 20.8 Å². The van der Waals surface area contributed by atoms with E-state index >= 15 is 0 Å². The molecule has 90 valence electrons. The van der Waals surface area contributed by atoms with Crippen molar-refractivity contribution >= 4 is 29.0 Å². The first kappa shape index (κ1) is 12.9. The molecular formula is C10H17N3O2S. The van der Waals surface area contributed by atoms with Gasteiger partial charge in [-0.05, 0) is 20.8 Å². The molecule has 0 bridgehead atoms. The summed E-state index contributed by atoms with van der Waals surface area (Å²) in [6, 6.07) is -0.463. The number of carbonyl (C=O) groups is 2. The molecule has 0 aromatic heterocycles. The van der Waals surface area contributed by atoms with E-state index in [1.807, 2.05) is 0 Å². The summed E-state index contributed by atoms with van der Waals surface area (Å²) >= 11 is 4.88. The van der Waals surface area contributed by atoms with Crippen LogP contribution in [0.2, 0.25) is 0 Å². The summed E-state index contributed by atoms with van der Waals surface area (Å²) in [4.78, 5) is 25.3. The van der Waals surface area contributed by atoms with Crippen molar-refractivity contribution in [2.75, 3.05) is 13.1 Å². The van der Waals surface area contributed by atoms with E-state index in [4.69, 9.17) is 18.0 Å². The Hall–Kier alpha value is -1.17. The molecule has 0 radical (unpaired) electrons. The Kier molecular flexibility index (Phi) is 3.52. The Morgan fingerprint density at radius 3 is 2.69 bits per heavy atom. The zero-order valence-corrected chi connectivity index (χ0v) is 10.6. The number of carbonyl (C=O) groups excluding carboxylic acids is 2. The second-order valence-electron chi connectivity index (χ2n) is 4.45. The molecule has 1 aliphatic heterocycles. The van der Waals surface area contributed by atoms with Crippen LogP contribution in [-0.2, 0) is 9.59 Å². The molecule has 1 fully saturated rings. The maximum Gasteiger partial charge on any atom is 0.242 e. The number of thiocarbonyl (C=S) groups is 1. The zero-order valence-electron chi connectivity index (χ0n) is 9.74. The van der Waals surface area contributed by atoms with Gasteiger partial charge in [-0.3, -0.25) is 9.59 Å². The van der Waals surface area contributed by atoms with E-state index in [0.29, 0.717) is 13.1 Å². The molecule has 0 saturated carbocycles. The standard InChI is InChI=1S/C10H17N3O2S/c1-6-7(14)12-4-5-13(6)9(15)10(2,3)8(11)16/h6H,4-5H2,1-3H3,(H2,11,16)(H,12,14). The third kappa shape index (κ3) is 2.16. The largest absolute Gasteiger partial charge is 0.392 e. The summed E-state index contributed by atoms with van der Waals surface area (Å²) in [6.07, 6.45) is 0. The lowest BCUT2D eigenvalue weighted by Crippen LogP contribution is -2.59. The fourth-order valence-electron chi connectivity index (χ4n) is 1.52. The fraction of sp³-hybridized carbons (Fsp3) is 0.700. The van der Waals surface area contributed by atoms with E-state index in [9.17, 15) is 9.59 Å². The maximum atomic E-state index is 12.2. The molecule has 0 aromatic rings. The monoisotopic (exact) mass is 243 g/mol. The highest BCUT2D eigenvalue weighted by Crippen LogP contribution is 2.21. The third-order valence-electron chi connectivity index (χ3n) is 2.91. The van der Waals surface area contributed by atoms with Gasteiger partial charge < -0.3 is 16.0 Å². The van der Waals surface area contributed by atoms with Gasteiger partial charge in [-0.25, -0.2) is 0 Å². The van der Waals surface area contributed by atoms with Gasteiger partial charge in [0.2, 0.25) is 11.8 Å². The average Bonchev–Trinajstić information content (AvgIpc) is 2.21. The van der Waals surface area contributed by atoms with Gasteiger partial charge in [-0.15, -0.1) is 0 Å². The molecule has 1 atom stereocenters. The molecule has 1 heterocycles. The minimum absolute atomic E-state index is 0.140. The summed E-state index contributed by atoms with van der Waals surface area (Å²) < 4.78 is 0. The second-order valence-corrected chi connectivity index (χ2v) is 4.89. The van der Waals surface area contributed by atoms with Crippen LogP contribution in [0.3, 0.4) is 0 Å². The van der Waals surface area contributed by atoms with Gasteiger partial charge >= 0.3 is 0 Å². The number of rotatable bonds is 2. The Labute approximate surface area is 100 Å². The van der Waals surface area contributed by atoms with Crippen molar-refractivity contribution in [2.24, 2.45) is 11.1 Å². The van der Waals surface area contributed by atoms with Gasteiger partial charge in [-0.1, -0.05) is 12.2 Å². The SMILES string of the molecule is CC1C(=O)NCCN1C(=O)C(C)(C)C(N)=S. The molecule has 0 spiro atoms. The number of piperazine rings is 1. The van der Waals surface area contributed by atoms with E-state index in [1.165, 1.54) is 4.90 Å². The summed E-state index contributed by atoms with van der Waals surface area (Å²) in [6.45, 7) is 6.02. The van der Waals surface area contributed by atoms with Crippen LogP contribution in [0.4, 0.5) is 0 Å². The van der Waals surface area contributed by atoms with Gasteiger partial charge in [0, 0.05) is 13.1 Å². The Morgan fingerprint density at radius 2 is 2.19 bits per heavy atom. The highest BCUT2D eigenvalue weighted by atomic mass is 32.1. The van der Waals surface area contributed by atoms with E-state index in [2.05, 4.69) is 5.32 Å². The van der Waals surface area contributed by atoms with E-state index in [1.54, 1.807) is 20.8 Å². The average molecular weight is 243 g/mol. The predicted molar refractivity (Wildman–Crippen MR) is 64.8 cm³/mol. The van der Waals surface area contributed by atoms with E-state index in [0.717, 1.165) is 0 Å². The molecule has 0 aliphatic carbocycles. The van der Waals surface area contributed by atoms with Gasteiger partial charge in [0.05, 0.1) is 10.4 Å². The molecule has 0 aromatic carbocycles. The predicted octanol–water partition coefficient (Wildman–Crippen LogP) is -0.354. The van der Waals surface area contributed by atoms with E-state index < -0.39 is 11.5 Å². The quantitative estimate of drug-likeness (QED) is 0.650. The number of nitrogens with zero attached hydrogens (tertiary/aromatic N) is 1. The smallest absolute Gasteiger partial charge is 0.242 e. The van der Waals surface area contributed by atoms with Crippen molar-refractivity contribution in [3.63, 3.8) is 0 Å². The van der Waals surface area contributed by atoms with Crippen LogP contribution >= 0.6 is 12.2 Å². The molecule has 16 heavy (non-hydrogen) atoms. The zero-order chi connectivity index (χ0) is 12.5. The highest BCUT2D eigenvalue weighted by molar-refractivity contribution is 7.80. The number of hydrogen-bond acceptors (Lipinski definition) is 3. The molecule has 6 heteroatoms. The minimum atomic E-state index is -0.902. The Balaban J connectivity index is 2.89. The maximum absolute atomic E-state index is 12.2. The minimum Gasteiger partial charge on any atom is -0.392 e. The lowest BCUT2D eigenvalue weighted by molar-refractivity contribution is -0.146. The van der Waals surface area contributed by atoms with Crippen molar-refractivity contribution in [3.8, 4) is 0 Å². The van der Waals surface area contributed by atoms with Crippen LogP contribution in [0.15, 0.2) is 0 Å². The van der Waals surface area contributed by atoms with Gasteiger partial charge in [0.25, 0.3) is 0 Å². The molecule has 1 unspecified atom stereocenters. The van der Waals surface area contributed by atoms with Crippen LogP contribution < -0.4 is 11.1 Å². The van der Waals surface area contributed by atoms with Gasteiger partial charge in [0.15, 0.2) is 0 Å². The van der Waals surface area contributed by atoms with Crippen molar-refractivity contribution in [3.05, 3.63) is 0 Å². The van der Waals surface area contributed by atoms with Crippen LogP contribution in [0.25, 0.3) is 0 Å². The lowest BCUT2D eigenvalue weighted by atomic mass is 9.90. The topological polar surface area (TPSA) is 75.4 Å². The van der Waals surface area contributed by atoms with Gasteiger partial charge in [-0.2, -0.15) is 0 Å². The third-order valence-corrected chi connectivity index (χ3v) is 3.42. The molecule has 1 aliphatic rings. The molecule has 3 N–H and O–H groups in total. The van der Waals surface area contributed by atoms with Gasteiger partial charge in [0.1, 0.15) is 6.04 Å². The van der Waals surface area contributed by atoms with Crippen LogP contribution in [0.5, 0.6) is 0 Å². The number of nitrogens with one attached hydrogen (secondary N) is 1. The number of nitrogens with two attached hydrogens (primary N) is 1. The summed E-state index contributed by atoms with van der Waals surface area (Å²) in [5, 5.41) is 2.70. The molecular weight excluding hydrogens is 226 g/mol. The first-order chi connectivity index (χ1) is 7.28. The van der Waals surface area contributed by atoms with Crippen LogP contribution in [-0.4, -0.2) is 40.8 Å². The van der Waals surface area contributed by atoms with Crippen molar-refractivity contribution in [1.82, 2.24) is 10.2 Å². The first-order valence-electron chi connectivity index (χ1n) is 5.17. The molecule has 5 nitrogen and oxygen atoms in total. The van der Waals surface area contributed by atoms with E-state index in [-0.39, 0.29) is 16.8 Å². The summed E-state index contributed by atoms with van der Waals surface area (Å²) in [7, 11) is 0. The lowest BCUT2D eigenvalue weighted by Gasteiger charge is -2.37. The highest BCUT2D eigenvalue weighted by Gasteiger charge is 2.39. The fourth-order valence-corrected chi connectivity index (χ4v) is 1.61. The first-order valence-corrected chi connectivity index (χ1v) is 5.58. The van der Waals surface area contributed by atoms with Crippen molar-refractivity contribution in [2.45, 2.75) is 26.8 Å². The summed E-state index contributed by atoms with van der Waals surface area (Å²) in [5.74, 6) is -0.333. The Bertz CT molecular complexity index is 341.